The van der Waals surface area contributed by atoms with Crippen LogP contribution in [0.5, 0.6) is 0 Å². The highest BCUT2D eigenvalue weighted by atomic mass is 16.2. The normalized spacial score (nSPS) is 18.6. The minimum atomic E-state index is -0.00793. The van der Waals surface area contributed by atoms with E-state index in [1.807, 2.05) is 12.1 Å². The van der Waals surface area contributed by atoms with E-state index < -0.39 is 0 Å². The molecular weight excluding hydrogens is 252 g/mol. The molecule has 1 atom stereocenters. The SMILES string of the molecule is CCN(c1ccc(C(=O)N(C)C)cn1)C1CCCNC1. The average Bonchev–Trinajstić information content (AvgIpc) is 2.49. The van der Waals surface area contributed by atoms with Crippen molar-refractivity contribution < 1.29 is 4.79 Å². The van der Waals surface area contributed by atoms with Crippen LogP contribution in [0, 0.1) is 0 Å². The van der Waals surface area contributed by atoms with Gasteiger partial charge in [0.2, 0.25) is 0 Å². The molecule has 1 amide bonds. The predicted molar refractivity (Wildman–Crippen MR) is 81.2 cm³/mol. The van der Waals surface area contributed by atoms with E-state index in [4.69, 9.17) is 0 Å². The summed E-state index contributed by atoms with van der Waals surface area (Å²) >= 11 is 0. The van der Waals surface area contributed by atoms with Crippen molar-refractivity contribution in [2.45, 2.75) is 25.8 Å². The third kappa shape index (κ3) is 3.28. The van der Waals surface area contributed by atoms with Crippen molar-refractivity contribution in [3.8, 4) is 0 Å². The molecule has 1 aromatic rings. The first kappa shape index (κ1) is 14.8. The van der Waals surface area contributed by atoms with Crippen LogP contribution in [0.15, 0.2) is 18.3 Å². The van der Waals surface area contributed by atoms with Crippen LogP contribution in [0.4, 0.5) is 5.82 Å². The van der Waals surface area contributed by atoms with Crippen LogP contribution >= 0.6 is 0 Å². The number of hydrogen-bond donors (Lipinski definition) is 1. The molecule has 0 bridgehead atoms. The van der Waals surface area contributed by atoms with Gasteiger partial charge in [-0.05, 0) is 38.4 Å². The summed E-state index contributed by atoms with van der Waals surface area (Å²) in [5.41, 5.74) is 0.636. The quantitative estimate of drug-likeness (QED) is 0.902. The van der Waals surface area contributed by atoms with Crippen molar-refractivity contribution >= 4 is 11.7 Å². The number of pyridine rings is 1. The average molecular weight is 276 g/mol. The molecule has 0 aromatic carbocycles. The van der Waals surface area contributed by atoms with Crippen molar-refractivity contribution in [1.29, 1.82) is 0 Å². The predicted octanol–water partition coefficient (Wildman–Crippen LogP) is 1.36. The van der Waals surface area contributed by atoms with E-state index in [0.717, 1.165) is 25.5 Å². The molecule has 1 N–H and O–H groups in total. The van der Waals surface area contributed by atoms with Crippen LogP contribution < -0.4 is 10.2 Å². The van der Waals surface area contributed by atoms with Gasteiger partial charge in [0.15, 0.2) is 0 Å². The van der Waals surface area contributed by atoms with E-state index in [1.165, 1.54) is 12.8 Å². The number of nitrogens with one attached hydrogen (secondary N) is 1. The highest BCUT2D eigenvalue weighted by molar-refractivity contribution is 5.93. The van der Waals surface area contributed by atoms with E-state index in [9.17, 15) is 4.79 Å². The van der Waals surface area contributed by atoms with Crippen LogP contribution in [0.2, 0.25) is 0 Å². The number of carbonyl (C=O) groups is 1. The Bertz CT molecular complexity index is 438. The molecule has 110 valence electrons. The van der Waals surface area contributed by atoms with Gasteiger partial charge < -0.3 is 15.1 Å². The molecule has 2 heterocycles. The molecule has 2 rings (SSSR count). The van der Waals surface area contributed by atoms with Gasteiger partial charge in [-0.3, -0.25) is 4.79 Å². The fourth-order valence-corrected chi connectivity index (χ4v) is 2.65. The summed E-state index contributed by atoms with van der Waals surface area (Å²) in [5.74, 6) is 0.947. The van der Waals surface area contributed by atoms with Gasteiger partial charge in [-0.1, -0.05) is 0 Å². The Kier molecular flexibility index (Phi) is 4.95. The summed E-state index contributed by atoms with van der Waals surface area (Å²) in [6.45, 7) is 5.20. The molecule has 0 spiro atoms. The number of hydrogen-bond acceptors (Lipinski definition) is 4. The first-order chi connectivity index (χ1) is 9.63. The first-order valence-electron chi connectivity index (χ1n) is 7.28. The Morgan fingerprint density at radius 2 is 2.25 bits per heavy atom. The highest BCUT2D eigenvalue weighted by Crippen LogP contribution is 2.18. The Morgan fingerprint density at radius 1 is 1.45 bits per heavy atom. The molecule has 0 aliphatic carbocycles. The Morgan fingerprint density at radius 3 is 2.75 bits per heavy atom. The largest absolute Gasteiger partial charge is 0.353 e. The summed E-state index contributed by atoms with van der Waals surface area (Å²) in [6.07, 6.45) is 4.08. The maximum Gasteiger partial charge on any atom is 0.254 e. The zero-order valence-corrected chi connectivity index (χ0v) is 12.6. The molecule has 0 radical (unpaired) electrons. The number of carbonyl (C=O) groups excluding carboxylic acids is 1. The second-order valence-corrected chi connectivity index (χ2v) is 5.39. The molecule has 0 saturated carbocycles. The summed E-state index contributed by atoms with van der Waals surface area (Å²) in [4.78, 5) is 20.2. The second kappa shape index (κ2) is 6.70. The fourth-order valence-electron chi connectivity index (χ4n) is 2.65. The number of likely N-dealkylation sites (N-methyl/N-ethyl adjacent to an activating group) is 1. The Balaban J connectivity index is 2.12. The monoisotopic (exact) mass is 276 g/mol. The van der Waals surface area contributed by atoms with Crippen molar-refractivity contribution in [2.24, 2.45) is 0 Å². The summed E-state index contributed by atoms with van der Waals surface area (Å²) < 4.78 is 0. The van der Waals surface area contributed by atoms with Gasteiger partial charge in [-0.25, -0.2) is 4.98 Å². The van der Waals surface area contributed by atoms with E-state index in [2.05, 4.69) is 22.1 Å². The van der Waals surface area contributed by atoms with Crippen LogP contribution in [0.3, 0.4) is 0 Å². The molecule has 1 unspecified atom stereocenters. The lowest BCUT2D eigenvalue weighted by Gasteiger charge is -2.34. The topological polar surface area (TPSA) is 48.5 Å². The maximum atomic E-state index is 11.9. The number of nitrogens with zero attached hydrogens (tertiary/aromatic N) is 3. The Labute approximate surface area is 121 Å². The summed E-state index contributed by atoms with van der Waals surface area (Å²) in [5, 5.41) is 3.43. The summed E-state index contributed by atoms with van der Waals surface area (Å²) in [6, 6.07) is 4.31. The van der Waals surface area contributed by atoms with Crippen LogP contribution in [-0.4, -0.2) is 55.6 Å². The molecule has 1 aliphatic rings. The number of aromatic nitrogens is 1. The van der Waals surface area contributed by atoms with Gasteiger partial charge in [0.05, 0.1) is 5.56 Å². The maximum absolute atomic E-state index is 11.9. The zero-order valence-electron chi connectivity index (χ0n) is 12.6. The second-order valence-electron chi connectivity index (χ2n) is 5.39. The minimum Gasteiger partial charge on any atom is -0.353 e. The third-order valence-corrected chi connectivity index (χ3v) is 3.75. The van der Waals surface area contributed by atoms with Gasteiger partial charge in [0.25, 0.3) is 5.91 Å². The van der Waals surface area contributed by atoms with Gasteiger partial charge in [-0.2, -0.15) is 0 Å². The van der Waals surface area contributed by atoms with Crippen LogP contribution in [0.25, 0.3) is 0 Å². The lowest BCUT2D eigenvalue weighted by atomic mass is 10.1. The number of amides is 1. The Hall–Kier alpha value is -1.62. The van der Waals surface area contributed by atoms with Gasteiger partial charge in [-0.15, -0.1) is 0 Å². The molecule has 1 aliphatic heterocycles. The third-order valence-electron chi connectivity index (χ3n) is 3.75. The molecule has 1 aromatic heterocycles. The number of anilines is 1. The number of rotatable bonds is 4. The molecule has 5 nitrogen and oxygen atoms in total. The minimum absolute atomic E-state index is 0.00793. The van der Waals surface area contributed by atoms with E-state index >= 15 is 0 Å². The van der Waals surface area contributed by atoms with Crippen molar-refractivity contribution in [3.63, 3.8) is 0 Å². The standard InChI is InChI=1S/C15H24N4O/c1-4-19(13-6-5-9-16-11-13)14-8-7-12(10-17-14)15(20)18(2)3/h7-8,10,13,16H,4-6,9,11H2,1-3H3. The van der Waals surface area contributed by atoms with Crippen LogP contribution in [0.1, 0.15) is 30.1 Å². The lowest BCUT2D eigenvalue weighted by molar-refractivity contribution is 0.0827. The van der Waals surface area contributed by atoms with E-state index in [0.29, 0.717) is 11.6 Å². The molecule has 20 heavy (non-hydrogen) atoms. The van der Waals surface area contributed by atoms with Crippen molar-refractivity contribution in [2.75, 3.05) is 38.6 Å². The first-order valence-corrected chi connectivity index (χ1v) is 7.28. The van der Waals surface area contributed by atoms with Crippen molar-refractivity contribution in [1.82, 2.24) is 15.2 Å². The number of piperidine rings is 1. The van der Waals surface area contributed by atoms with Crippen molar-refractivity contribution in [3.05, 3.63) is 23.9 Å². The lowest BCUT2D eigenvalue weighted by Crippen LogP contribution is -2.46. The fraction of sp³-hybridized carbons (Fsp3) is 0.600. The zero-order chi connectivity index (χ0) is 14.5. The van der Waals surface area contributed by atoms with Crippen LogP contribution in [-0.2, 0) is 0 Å². The van der Waals surface area contributed by atoms with Gasteiger partial charge in [0.1, 0.15) is 5.82 Å². The van der Waals surface area contributed by atoms with Gasteiger partial charge >= 0.3 is 0 Å². The molecule has 5 heteroatoms. The summed E-state index contributed by atoms with van der Waals surface area (Å²) in [7, 11) is 3.50. The molecule has 1 fully saturated rings. The highest BCUT2D eigenvalue weighted by Gasteiger charge is 2.21. The molecular formula is C15H24N4O. The molecule has 1 saturated heterocycles. The van der Waals surface area contributed by atoms with E-state index in [1.54, 1.807) is 25.2 Å². The van der Waals surface area contributed by atoms with E-state index in [-0.39, 0.29) is 5.91 Å². The smallest absolute Gasteiger partial charge is 0.254 e. The van der Waals surface area contributed by atoms with Gasteiger partial charge in [0, 0.05) is 39.4 Å².